The van der Waals surface area contributed by atoms with Crippen molar-refractivity contribution < 1.29 is 38.5 Å². The van der Waals surface area contributed by atoms with Crippen molar-refractivity contribution in [1.82, 2.24) is 0 Å². The summed E-state index contributed by atoms with van der Waals surface area (Å²) >= 11 is 0. The maximum Gasteiger partial charge on any atom is 0.238 e. The minimum Gasteiger partial charge on any atom is -0.504 e. The van der Waals surface area contributed by atoms with Crippen LogP contribution in [0.1, 0.15) is 42.4 Å². The Morgan fingerprint density at radius 3 is 2.24 bits per heavy atom. The summed E-state index contributed by atoms with van der Waals surface area (Å²) in [7, 11) is 4.65. The number of ether oxygens (including phenoxy) is 3. The number of rotatable bonds is 7. The number of allylic oxidation sites excluding steroid dienone is 6. The first-order valence-corrected chi connectivity index (χ1v) is 16.1. The predicted octanol–water partition coefficient (Wildman–Crippen LogP) is 6.22. The van der Waals surface area contributed by atoms with Crippen LogP contribution in [-0.2, 0) is 19.2 Å². The van der Waals surface area contributed by atoms with E-state index in [0.29, 0.717) is 45.9 Å². The molecule has 0 radical (unpaired) electrons. The maximum absolute atomic E-state index is 14.3. The van der Waals surface area contributed by atoms with Gasteiger partial charge in [-0.25, -0.2) is 0 Å². The summed E-state index contributed by atoms with van der Waals surface area (Å²) in [6.07, 6.45) is 7.63. The fraction of sp³-hybridized carbons (Fsp3) is 0.250. The molecule has 2 amide bonds. The molecule has 9 heteroatoms. The highest BCUT2D eigenvalue weighted by Crippen LogP contribution is 2.56. The van der Waals surface area contributed by atoms with Crippen molar-refractivity contribution in [2.75, 3.05) is 26.2 Å². The van der Waals surface area contributed by atoms with Gasteiger partial charge in [-0.05, 0) is 85.4 Å². The normalized spacial score (nSPS) is 23.2. The lowest BCUT2D eigenvalue weighted by Crippen LogP contribution is -2.39. The first-order chi connectivity index (χ1) is 23.6. The molecule has 1 aliphatic heterocycles. The number of imide groups is 1. The molecule has 0 aromatic heterocycles. The van der Waals surface area contributed by atoms with E-state index in [0.717, 1.165) is 16.7 Å². The van der Waals surface area contributed by atoms with Crippen LogP contribution in [0.4, 0.5) is 5.69 Å². The highest BCUT2D eigenvalue weighted by Gasteiger charge is 2.56. The third-order valence-corrected chi connectivity index (χ3v) is 10.1. The highest BCUT2D eigenvalue weighted by molar-refractivity contribution is 6.25. The number of carbonyl (C=O) groups excluding carboxylic acids is 4. The number of methoxy groups -OCH3 is 3. The second kappa shape index (κ2) is 12.4. The number of ketones is 2. The van der Waals surface area contributed by atoms with Gasteiger partial charge in [0.05, 0.1) is 38.9 Å². The SMILES string of the molecule is COc1ccc(OC)c(C=Cc2ccc(N3C(=O)C4CC=C5C(c6ccc(OC)c(O)c6)C6=C(CC5C4C3=O)C(=O)C=C(C)C6=O)cc2)c1. The third kappa shape index (κ3) is 5.26. The van der Waals surface area contributed by atoms with Gasteiger partial charge in [0.25, 0.3) is 0 Å². The Hall–Kier alpha value is -5.70. The van der Waals surface area contributed by atoms with Crippen LogP contribution >= 0.6 is 0 Å². The van der Waals surface area contributed by atoms with Crippen LogP contribution in [0.15, 0.2) is 95.1 Å². The van der Waals surface area contributed by atoms with Crippen LogP contribution in [0.2, 0.25) is 0 Å². The van der Waals surface area contributed by atoms with E-state index in [-0.39, 0.29) is 41.3 Å². The maximum atomic E-state index is 14.3. The highest BCUT2D eigenvalue weighted by atomic mass is 16.5. The quantitative estimate of drug-likeness (QED) is 0.138. The van der Waals surface area contributed by atoms with Crippen molar-refractivity contribution in [3.8, 4) is 23.0 Å². The minimum absolute atomic E-state index is 0.0976. The van der Waals surface area contributed by atoms with Crippen LogP contribution < -0.4 is 19.1 Å². The molecular formula is C40H35NO8. The van der Waals surface area contributed by atoms with E-state index in [1.54, 1.807) is 51.5 Å². The number of carbonyl (C=O) groups is 4. The van der Waals surface area contributed by atoms with Crippen molar-refractivity contribution in [2.45, 2.75) is 25.7 Å². The number of Topliss-reactive ketones (excluding diaryl/α,β-unsaturated/α-hetero) is 1. The van der Waals surface area contributed by atoms with Crippen molar-refractivity contribution in [3.63, 3.8) is 0 Å². The number of hydrogen-bond acceptors (Lipinski definition) is 8. The minimum atomic E-state index is -0.703. The Morgan fingerprint density at radius 2 is 1.55 bits per heavy atom. The number of phenolic OH excluding ortho intramolecular Hbond substituents is 1. The van der Waals surface area contributed by atoms with Crippen molar-refractivity contribution in [2.24, 2.45) is 17.8 Å². The molecule has 1 heterocycles. The summed E-state index contributed by atoms with van der Waals surface area (Å²) in [6.45, 7) is 1.62. The first kappa shape index (κ1) is 31.9. The van der Waals surface area contributed by atoms with E-state index in [9.17, 15) is 24.3 Å². The number of amides is 2. The molecule has 49 heavy (non-hydrogen) atoms. The van der Waals surface area contributed by atoms with E-state index >= 15 is 0 Å². The Kier molecular flexibility index (Phi) is 8.06. The zero-order valence-corrected chi connectivity index (χ0v) is 27.6. The van der Waals surface area contributed by atoms with Gasteiger partial charge in [-0.15, -0.1) is 0 Å². The molecule has 7 rings (SSSR count). The molecule has 1 N–H and O–H groups in total. The van der Waals surface area contributed by atoms with Crippen LogP contribution in [0, 0.1) is 17.8 Å². The number of fused-ring (bicyclic) bond motifs is 3. The number of nitrogens with zero attached hydrogens (tertiary/aromatic N) is 1. The summed E-state index contributed by atoms with van der Waals surface area (Å²) in [5.74, 6) is -1.96. The zero-order chi connectivity index (χ0) is 34.6. The van der Waals surface area contributed by atoms with Crippen LogP contribution in [0.3, 0.4) is 0 Å². The monoisotopic (exact) mass is 657 g/mol. The number of benzene rings is 3. The van der Waals surface area contributed by atoms with Gasteiger partial charge in [0, 0.05) is 28.2 Å². The molecule has 1 fully saturated rings. The van der Waals surface area contributed by atoms with Gasteiger partial charge in [-0.2, -0.15) is 0 Å². The van der Waals surface area contributed by atoms with Gasteiger partial charge in [-0.1, -0.05) is 42.0 Å². The van der Waals surface area contributed by atoms with E-state index in [2.05, 4.69) is 0 Å². The molecule has 0 bridgehead atoms. The van der Waals surface area contributed by atoms with Crippen molar-refractivity contribution in [1.29, 1.82) is 0 Å². The Balaban J connectivity index is 1.21. The van der Waals surface area contributed by atoms with Gasteiger partial charge in [0.1, 0.15) is 11.5 Å². The van der Waals surface area contributed by atoms with Gasteiger partial charge in [0.15, 0.2) is 23.1 Å². The summed E-state index contributed by atoms with van der Waals surface area (Å²) in [4.78, 5) is 56.5. The molecule has 1 saturated heterocycles. The molecule has 3 aromatic carbocycles. The Labute approximate surface area is 283 Å². The van der Waals surface area contributed by atoms with Crippen LogP contribution in [0.5, 0.6) is 23.0 Å². The predicted molar refractivity (Wildman–Crippen MR) is 183 cm³/mol. The molecule has 0 spiro atoms. The lowest BCUT2D eigenvalue weighted by atomic mass is 9.59. The van der Waals surface area contributed by atoms with Gasteiger partial charge in [0.2, 0.25) is 11.8 Å². The number of phenols is 1. The third-order valence-electron chi connectivity index (χ3n) is 10.1. The summed E-state index contributed by atoms with van der Waals surface area (Å²) < 4.78 is 16.1. The number of anilines is 1. The largest absolute Gasteiger partial charge is 0.504 e. The first-order valence-electron chi connectivity index (χ1n) is 16.1. The molecule has 0 saturated carbocycles. The lowest BCUT2D eigenvalue weighted by molar-refractivity contribution is -0.123. The van der Waals surface area contributed by atoms with Crippen LogP contribution in [-0.4, -0.2) is 49.8 Å². The summed E-state index contributed by atoms with van der Waals surface area (Å²) in [5.41, 5.74) is 4.67. The fourth-order valence-corrected chi connectivity index (χ4v) is 7.77. The van der Waals surface area contributed by atoms with E-state index in [1.807, 2.05) is 48.6 Å². The molecule has 4 aliphatic rings. The standard InChI is InChI=1S/C40H35NO8/c1-21-17-31(42)30-20-29-27(35(37(30)38(21)44)24-9-15-34(49-4)32(43)19-24)13-14-28-36(29)40(46)41(39(28)45)25-10-6-22(7-11-25)5-8-23-18-26(47-2)12-16-33(23)48-3/h5-13,15-19,28-29,35-36,43H,14,20H2,1-4H3. The number of aromatic hydroxyl groups is 1. The van der Waals surface area contributed by atoms with Gasteiger partial charge < -0.3 is 19.3 Å². The molecular weight excluding hydrogens is 622 g/mol. The molecule has 248 valence electrons. The smallest absolute Gasteiger partial charge is 0.238 e. The average Bonchev–Trinajstić information content (AvgIpc) is 3.37. The van der Waals surface area contributed by atoms with Crippen LogP contribution in [0.25, 0.3) is 12.2 Å². The van der Waals surface area contributed by atoms with E-state index in [4.69, 9.17) is 14.2 Å². The molecule has 4 atom stereocenters. The van der Waals surface area contributed by atoms with E-state index in [1.165, 1.54) is 18.1 Å². The Morgan fingerprint density at radius 1 is 0.816 bits per heavy atom. The molecule has 4 unspecified atom stereocenters. The van der Waals surface area contributed by atoms with Gasteiger partial charge in [-0.3, -0.25) is 24.1 Å². The zero-order valence-electron chi connectivity index (χ0n) is 27.6. The topological polar surface area (TPSA) is 119 Å². The average molecular weight is 658 g/mol. The summed E-state index contributed by atoms with van der Waals surface area (Å²) in [6, 6.07) is 17.7. The lowest BCUT2D eigenvalue weighted by Gasteiger charge is -2.42. The molecule has 9 nitrogen and oxygen atoms in total. The molecule has 3 aliphatic carbocycles. The second-order valence-corrected chi connectivity index (χ2v) is 12.7. The number of hydrogen-bond donors (Lipinski definition) is 1. The fourth-order valence-electron chi connectivity index (χ4n) is 7.77. The van der Waals surface area contributed by atoms with Gasteiger partial charge >= 0.3 is 0 Å². The summed E-state index contributed by atoms with van der Waals surface area (Å²) in [5, 5.41) is 10.7. The Bertz CT molecular complexity index is 2050. The second-order valence-electron chi connectivity index (χ2n) is 12.7. The van der Waals surface area contributed by atoms with E-state index < -0.39 is 23.7 Å². The molecule has 3 aromatic rings. The van der Waals surface area contributed by atoms with Crippen molar-refractivity contribution >= 4 is 41.2 Å². The van der Waals surface area contributed by atoms with Crippen molar-refractivity contribution in [3.05, 3.63) is 112 Å².